The van der Waals surface area contributed by atoms with E-state index in [2.05, 4.69) is 0 Å². The van der Waals surface area contributed by atoms with E-state index in [0.717, 1.165) is 12.0 Å². The van der Waals surface area contributed by atoms with Crippen molar-refractivity contribution in [2.24, 2.45) is 0 Å². The maximum absolute atomic E-state index is 13.2. The maximum Gasteiger partial charge on any atom is 0.256 e. The van der Waals surface area contributed by atoms with Crippen LogP contribution in [0.25, 0.3) is 0 Å². The van der Waals surface area contributed by atoms with Gasteiger partial charge in [0.1, 0.15) is 6.04 Å². The lowest BCUT2D eigenvalue weighted by atomic mass is 10.1. The molecular formula is C19H16Cl2N2O2. The number of benzene rings is 2. The third-order valence-corrected chi connectivity index (χ3v) is 5.43. The van der Waals surface area contributed by atoms with Gasteiger partial charge < -0.3 is 9.80 Å². The van der Waals surface area contributed by atoms with Gasteiger partial charge in [-0.05, 0) is 42.7 Å². The van der Waals surface area contributed by atoms with E-state index in [0.29, 0.717) is 40.8 Å². The highest BCUT2D eigenvalue weighted by molar-refractivity contribution is 6.32. The number of anilines is 1. The number of carbonyl (C=O) groups is 2. The molecular weight excluding hydrogens is 359 g/mol. The summed E-state index contributed by atoms with van der Waals surface area (Å²) in [6.45, 7) is 0.923. The van der Waals surface area contributed by atoms with E-state index in [-0.39, 0.29) is 11.8 Å². The van der Waals surface area contributed by atoms with Crippen molar-refractivity contribution in [2.75, 3.05) is 11.4 Å². The van der Waals surface area contributed by atoms with E-state index in [1.807, 2.05) is 18.2 Å². The molecule has 0 spiro atoms. The van der Waals surface area contributed by atoms with Crippen molar-refractivity contribution in [2.45, 2.75) is 25.4 Å². The number of halogens is 2. The molecule has 1 atom stereocenters. The molecule has 0 radical (unpaired) electrons. The van der Waals surface area contributed by atoms with Crippen molar-refractivity contribution in [3.05, 3.63) is 63.6 Å². The van der Waals surface area contributed by atoms with Gasteiger partial charge in [0, 0.05) is 16.6 Å². The van der Waals surface area contributed by atoms with Crippen molar-refractivity contribution in [1.82, 2.24) is 4.90 Å². The van der Waals surface area contributed by atoms with Gasteiger partial charge in [-0.2, -0.15) is 0 Å². The molecule has 0 N–H and O–H groups in total. The Kier molecular flexibility index (Phi) is 4.18. The summed E-state index contributed by atoms with van der Waals surface area (Å²) < 4.78 is 0. The van der Waals surface area contributed by atoms with Gasteiger partial charge in [0.15, 0.2) is 0 Å². The number of hydrogen-bond donors (Lipinski definition) is 0. The Balaban J connectivity index is 1.84. The molecule has 2 aromatic rings. The Morgan fingerprint density at radius 3 is 2.68 bits per heavy atom. The fraction of sp³-hybridized carbons (Fsp3) is 0.263. The summed E-state index contributed by atoms with van der Waals surface area (Å²) in [4.78, 5) is 29.5. The van der Waals surface area contributed by atoms with Crippen LogP contribution in [0.15, 0.2) is 42.5 Å². The predicted molar refractivity (Wildman–Crippen MR) is 98.2 cm³/mol. The molecule has 0 bridgehead atoms. The minimum atomic E-state index is -0.416. The third-order valence-electron chi connectivity index (χ3n) is 4.83. The molecule has 2 aliphatic heterocycles. The highest BCUT2D eigenvalue weighted by Crippen LogP contribution is 2.35. The molecule has 1 fully saturated rings. The van der Waals surface area contributed by atoms with Crippen molar-refractivity contribution in [3.8, 4) is 0 Å². The van der Waals surface area contributed by atoms with E-state index >= 15 is 0 Å². The van der Waals surface area contributed by atoms with Gasteiger partial charge in [0.25, 0.3) is 5.91 Å². The van der Waals surface area contributed by atoms with Gasteiger partial charge in [-0.3, -0.25) is 9.59 Å². The van der Waals surface area contributed by atoms with E-state index in [1.54, 1.807) is 34.1 Å². The summed E-state index contributed by atoms with van der Waals surface area (Å²) in [7, 11) is 0. The Morgan fingerprint density at radius 1 is 1.08 bits per heavy atom. The summed E-state index contributed by atoms with van der Waals surface area (Å²) in [5, 5.41) is 1.08. The molecule has 2 aromatic carbocycles. The first-order chi connectivity index (χ1) is 12.1. The first-order valence-corrected chi connectivity index (χ1v) is 8.97. The average Bonchev–Trinajstić information content (AvgIpc) is 3.07. The van der Waals surface area contributed by atoms with Crippen LogP contribution in [0.1, 0.15) is 28.8 Å². The van der Waals surface area contributed by atoms with Gasteiger partial charge in [-0.1, -0.05) is 41.4 Å². The molecule has 0 unspecified atom stereocenters. The lowest BCUT2D eigenvalue weighted by molar-refractivity contribution is -0.122. The molecule has 4 rings (SSSR count). The second kappa shape index (κ2) is 6.36. The number of rotatable bonds is 2. The summed E-state index contributed by atoms with van der Waals surface area (Å²) in [6.07, 6.45) is 1.52. The zero-order valence-corrected chi connectivity index (χ0v) is 14.9. The normalized spacial score (nSPS) is 19.7. The third kappa shape index (κ3) is 2.79. The van der Waals surface area contributed by atoms with Crippen molar-refractivity contribution in [3.63, 3.8) is 0 Å². The Morgan fingerprint density at radius 2 is 1.88 bits per heavy atom. The van der Waals surface area contributed by atoms with Gasteiger partial charge >= 0.3 is 0 Å². The van der Waals surface area contributed by atoms with E-state index in [1.165, 1.54) is 0 Å². The Hall–Kier alpha value is -2.04. The van der Waals surface area contributed by atoms with Crippen molar-refractivity contribution >= 4 is 40.7 Å². The van der Waals surface area contributed by atoms with Crippen LogP contribution in [-0.2, 0) is 11.3 Å². The molecule has 128 valence electrons. The topological polar surface area (TPSA) is 40.6 Å². The fourth-order valence-corrected chi connectivity index (χ4v) is 3.96. The Labute approximate surface area is 155 Å². The lowest BCUT2D eigenvalue weighted by Crippen LogP contribution is -2.44. The van der Waals surface area contributed by atoms with Gasteiger partial charge in [0.2, 0.25) is 5.91 Å². The van der Waals surface area contributed by atoms with E-state index in [9.17, 15) is 9.59 Å². The molecule has 2 amide bonds. The second-order valence-electron chi connectivity index (χ2n) is 6.33. The Bertz CT molecular complexity index is 868. The lowest BCUT2D eigenvalue weighted by Gasteiger charge is -2.26. The monoisotopic (exact) mass is 374 g/mol. The van der Waals surface area contributed by atoms with Gasteiger partial charge in [0.05, 0.1) is 17.8 Å². The van der Waals surface area contributed by atoms with Crippen LogP contribution >= 0.6 is 23.2 Å². The summed E-state index contributed by atoms with van der Waals surface area (Å²) >= 11 is 12.4. The molecule has 2 aliphatic rings. The van der Waals surface area contributed by atoms with Crippen LogP contribution in [-0.4, -0.2) is 29.3 Å². The van der Waals surface area contributed by atoms with Crippen LogP contribution in [0, 0.1) is 0 Å². The van der Waals surface area contributed by atoms with Crippen LogP contribution < -0.4 is 4.90 Å². The molecule has 0 saturated carbocycles. The molecule has 6 heteroatoms. The van der Waals surface area contributed by atoms with E-state index < -0.39 is 6.04 Å². The maximum atomic E-state index is 13.2. The van der Waals surface area contributed by atoms with Crippen LogP contribution in [0.4, 0.5) is 5.69 Å². The summed E-state index contributed by atoms with van der Waals surface area (Å²) in [5.74, 6) is -0.193. The number of nitrogens with zero attached hydrogens (tertiary/aromatic N) is 2. The first kappa shape index (κ1) is 16.4. The van der Waals surface area contributed by atoms with Crippen LogP contribution in [0.3, 0.4) is 0 Å². The standard InChI is InChI=1S/C19H16Cl2N2O2/c20-13-7-8-16-14(10-13)18(24)22-9-3-6-17(22)19(25)23(16)11-12-4-1-2-5-15(12)21/h1-2,4-5,7-8,10,17H,3,6,9,11H2/t17-/m0/s1. The minimum Gasteiger partial charge on any atom is -0.327 e. The molecule has 0 aromatic heterocycles. The molecule has 4 nitrogen and oxygen atoms in total. The molecule has 2 heterocycles. The zero-order valence-electron chi connectivity index (χ0n) is 13.4. The van der Waals surface area contributed by atoms with E-state index in [4.69, 9.17) is 23.2 Å². The first-order valence-electron chi connectivity index (χ1n) is 8.21. The van der Waals surface area contributed by atoms with Gasteiger partial charge in [-0.15, -0.1) is 0 Å². The number of hydrogen-bond acceptors (Lipinski definition) is 2. The highest BCUT2D eigenvalue weighted by atomic mass is 35.5. The number of carbonyl (C=O) groups excluding carboxylic acids is 2. The predicted octanol–water partition coefficient (Wildman–Crippen LogP) is 4.14. The highest BCUT2D eigenvalue weighted by Gasteiger charge is 2.42. The molecule has 1 saturated heterocycles. The minimum absolute atomic E-state index is 0.0631. The largest absolute Gasteiger partial charge is 0.327 e. The van der Waals surface area contributed by atoms with Crippen molar-refractivity contribution < 1.29 is 9.59 Å². The molecule has 25 heavy (non-hydrogen) atoms. The van der Waals surface area contributed by atoms with Crippen LogP contribution in [0.2, 0.25) is 10.0 Å². The average molecular weight is 375 g/mol. The SMILES string of the molecule is O=C1[C@@H]2CCCN2C(=O)c2cc(Cl)ccc2N1Cc1ccccc1Cl. The quantitative estimate of drug-likeness (QED) is 0.792. The second-order valence-corrected chi connectivity index (χ2v) is 7.18. The summed E-state index contributed by atoms with van der Waals surface area (Å²) in [5.41, 5.74) is 1.91. The summed E-state index contributed by atoms with van der Waals surface area (Å²) in [6, 6.07) is 12.1. The zero-order chi connectivity index (χ0) is 17.6. The van der Waals surface area contributed by atoms with Crippen molar-refractivity contribution in [1.29, 1.82) is 0 Å². The number of fused-ring (bicyclic) bond motifs is 2. The fourth-order valence-electron chi connectivity index (χ4n) is 3.59. The smallest absolute Gasteiger partial charge is 0.256 e. The number of amides is 2. The van der Waals surface area contributed by atoms with Gasteiger partial charge in [-0.25, -0.2) is 0 Å². The van der Waals surface area contributed by atoms with Crippen LogP contribution in [0.5, 0.6) is 0 Å². The molecule has 0 aliphatic carbocycles.